The molecule has 0 bridgehead atoms. The van der Waals surface area contributed by atoms with E-state index in [2.05, 4.69) is 42.5 Å². The minimum Gasteiger partial charge on any atom is -0.313 e. The smallest absolute Gasteiger partial charge is 0.0676 e. The van der Waals surface area contributed by atoms with Crippen LogP contribution in [0.2, 0.25) is 0 Å². The maximum atomic E-state index is 4.42. The second-order valence-electron chi connectivity index (χ2n) is 6.12. The summed E-state index contributed by atoms with van der Waals surface area (Å²) in [4.78, 5) is 0. The second-order valence-corrected chi connectivity index (χ2v) is 6.12. The van der Waals surface area contributed by atoms with Gasteiger partial charge in [0.15, 0.2) is 0 Å². The molecule has 112 valence electrons. The van der Waals surface area contributed by atoms with Crippen LogP contribution in [0.4, 0.5) is 0 Å². The molecule has 0 saturated heterocycles. The van der Waals surface area contributed by atoms with Crippen molar-refractivity contribution in [1.82, 2.24) is 15.5 Å². The van der Waals surface area contributed by atoms with Gasteiger partial charge in [0.05, 0.1) is 11.4 Å². The summed E-state index contributed by atoms with van der Waals surface area (Å²) >= 11 is 0. The fourth-order valence-electron chi connectivity index (χ4n) is 3.86. The maximum absolute atomic E-state index is 4.42. The molecule has 1 aliphatic carbocycles. The largest absolute Gasteiger partial charge is 0.313 e. The quantitative estimate of drug-likeness (QED) is 0.887. The lowest BCUT2D eigenvalue weighted by atomic mass is 9.72. The standard InChI is InChI=1S/C17H29N3/c1-5-13-9-7-8-10-14(13)17(18-4)15-11-12(3)19-20-16(15)6-2/h11,13-14,17-18H,5-10H2,1-4H3. The van der Waals surface area contributed by atoms with Gasteiger partial charge in [-0.15, -0.1) is 0 Å². The molecular formula is C17H29N3. The lowest BCUT2D eigenvalue weighted by molar-refractivity contribution is 0.179. The molecule has 1 heterocycles. The van der Waals surface area contributed by atoms with Crippen LogP contribution in [-0.4, -0.2) is 17.2 Å². The zero-order valence-corrected chi connectivity index (χ0v) is 13.4. The van der Waals surface area contributed by atoms with Gasteiger partial charge in [0.1, 0.15) is 0 Å². The Morgan fingerprint density at radius 3 is 2.65 bits per heavy atom. The van der Waals surface area contributed by atoms with Gasteiger partial charge in [-0.25, -0.2) is 0 Å². The van der Waals surface area contributed by atoms with E-state index in [1.165, 1.54) is 37.7 Å². The van der Waals surface area contributed by atoms with Crippen LogP contribution in [0.15, 0.2) is 6.07 Å². The highest BCUT2D eigenvalue weighted by molar-refractivity contribution is 5.26. The summed E-state index contributed by atoms with van der Waals surface area (Å²) in [5, 5.41) is 12.2. The Bertz CT molecular complexity index is 430. The van der Waals surface area contributed by atoms with Crippen molar-refractivity contribution in [3.8, 4) is 0 Å². The SMILES string of the molecule is CCc1nnc(C)cc1C(NC)C1CCCCC1CC. The summed E-state index contributed by atoms with van der Waals surface area (Å²) < 4.78 is 0. The van der Waals surface area contributed by atoms with Crippen molar-refractivity contribution in [2.45, 2.75) is 65.3 Å². The fraction of sp³-hybridized carbons (Fsp3) is 0.765. The van der Waals surface area contributed by atoms with Gasteiger partial charge in [-0.2, -0.15) is 10.2 Å². The van der Waals surface area contributed by atoms with Gasteiger partial charge in [-0.3, -0.25) is 0 Å². The van der Waals surface area contributed by atoms with E-state index in [1.807, 2.05) is 6.92 Å². The minimum atomic E-state index is 0.435. The van der Waals surface area contributed by atoms with Gasteiger partial charge in [0.2, 0.25) is 0 Å². The zero-order chi connectivity index (χ0) is 14.5. The molecule has 3 nitrogen and oxygen atoms in total. The first-order valence-electron chi connectivity index (χ1n) is 8.21. The van der Waals surface area contributed by atoms with Gasteiger partial charge in [0, 0.05) is 6.04 Å². The first-order valence-corrected chi connectivity index (χ1v) is 8.21. The highest BCUT2D eigenvalue weighted by Gasteiger charge is 2.32. The third-order valence-electron chi connectivity index (χ3n) is 4.93. The first kappa shape index (κ1) is 15.4. The molecule has 1 aromatic heterocycles. The number of nitrogens with one attached hydrogen (secondary N) is 1. The highest BCUT2D eigenvalue weighted by atomic mass is 15.1. The summed E-state index contributed by atoms with van der Waals surface area (Å²) in [7, 11) is 2.10. The molecule has 1 aliphatic rings. The molecule has 1 fully saturated rings. The molecule has 20 heavy (non-hydrogen) atoms. The van der Waals surface area contributed by atoms with Crippen LogP contribution in [0.25, 0.3) is 0 Å². The number of aryl methyl sites for hydroxylation is 2. The zero-order valence-electron chi connectivity index (χ0n) is 13.4. The van der Waals surface area contributed by atoms with E-state index in [4.69, 9.17) is 0 Å². The van der Waals surface area contributed by atoms with Crippen molar-refractivity contribution in [2.75, 3.05) is 7.05 Å². The van der Waals surface area contributed by atoms with Gasteiger partial charge < -0.3 is 5.32 Å². The van der Waals surface area contributed by atoms with Crippen molar-refractivity contribution < 1.29 is 0 Å². The number of rotatable bonds is 5. The van der Waals surface area contributed by atoms with Crippen LogP contribution >= 0.6 is 0 Å². The Kier molecular flexibility index (Phi) is 5.53. The van der Waals surface area contributed by atoms with E-state index in [9.17, 15) is 0 Å². The Balaban J connectivity index is 2.33. The third-order valence-corrected chi connectivity index (χ3v) is 4.93. The number of hydrogen-bond donors (Lipinski definition) is 1. The van der Waals surface area contributed by atoms with Crippen LogP contribution in [0, 0.1) is 18.8 Å². The predicted octanol–water partition coefficient (Wildman–Crippen LogP) is 3.82. The van der Waals surface area contributed by atoms with Crippen molar-refractivity contribution in [2.24, 2.45) is 11.8 Å². The van der Waals surface area contributed by atoms with Crippen LogP contribution in [0.3, 0.4) is 0 Å². The molecule has 1 saturated carbocycles. The van der Waals surface area contributed by atoms with Gasteiger partial charge in [0.25, 0.3) is 0 Å². The lowest BCUT2D eigenvalue weighted by Gasteiger charge is -2.37. The van der Waals surface area contributed by atoms with E-state index in [-0.39, 0.29) is 0 Å². The Labute approximate surface area is 123 Å². The summed E-state index contributed by atoms with van der Waals surface area (Å²) in [5.74, 6) is 1.59. The molecule has 3 unspecified atom stereocenters. The molecule has 2 rings (SSSR count). The molecule has 0 amide bonds. The predicted molar refractivity (Wildman–Crippen MR) is 83.7 cm³/mol. The lowest BCUT2D eigenvalue weighted by Crippen LogP contribution is -2.33. The molecule has 3 heteroatoms. The number of nitrogens with zero attached hydrogens (tertiary/aromatic N) is 2. The topological polar surface area (TPSA) is 37.8 Å². The molecule has 0 aromatic carbocycles. The van der Waals surface area contributed by atoms with Crippen molar-refractivity contribution >= 4 is 0 Å². The molecule has 0 aliphatic heterocycles. The molecule has 0 spiro atoms. The number of hydrogen-bond acceptors (Lipinski definition) is 3. The molecule has 0 radical (unpaired) electrons. The second kappa shape index (κ2) is 7.16. The van der Waals surface area contributed by atoms with E-state index >= 15 is 0 Å². The summed E-state index contributed by atoms with van der Waals surface area (Å²) in [6.45, 7) is 6.56. The monoisotopic (exact) mass is 275 g/mol. The highest BCUT2D eigenvalue weighted by Crippen LogP contribution is 2.40. The number of aromatic nitrogens is 2. The van der Waals surface area contributed by atoms with Crippen molar-refractivity contribution in [1.29, 1.82) is 0 Å². The minimum absolute atomic E-state index is 0.435. The van der Waals surface area contributed by atoms with E-state index in [0.29, 0.717) is 6.04 Å². The average Bonchev–Trinajstić information content (AvgIpc) is 2.49. The van der Waals surface area contributed by atoms with Crippen LogP contribution in [-0.2, 0) is 6.42 Å². The maximum Gasteiger partial charge on any atom is 0.0676 e. The molecule has 1 aromatic rings. The van der Waals surface area contributed by atoms with E-state index in [1.54, 1.807) is 0 Å². The Morgan fingerprint density at radius 1 is 1.25 bits per heavy atom. The summed E-state index contributed by atoms with van der Waals surface area (Å²) in [5.41, 5.74) is 3.57. The van der Waals surface area contributed by atoms with E-state index in [0.717, 1.165) is 29.6 Å². The molecule has 3 atom stereocenters. The fourth-order valence-corrected chi connectivity index (χ4v) is 3.86. The van der Waals surface area contributed by atoms with Crippen LogP contribution < -0.4 is 5.32 Å². The summed E-state index contributed by atoms with van der Waals surface area (Å²) in [6, 6.07) is 2.68. The van der Waals surface area contributed by atoms with Crippen LogP contribution in [0.1, 0.15) is 68.9 Å². The van der Waals surface area contributed by atoms with Crippen molar-refractivity contribution in [3.05, 3.63) is 23.0 Å². The van der Waals surface area contributed by atoms with Crippen molar-refractivity contribution in [3.63, 3.8) is 0 Å². The average molecular weight is 275 g/mol. The summed E-state index contributed by atoms with van der Waals surface area (Å²) in [6.07, 6.45) is 7.76. The van der Waals surface area contributed by atoms with Gasteiger partial charge in [-0.05, 0) is 50.3 Å². The normalized spacial score (nSPS) is 24.6. The Morgan fingerprint density at radius 2 is 2.00 bits per heavy atom. The van der Waals surface area contributed by atoms with Crippen LogP contribution in [0.5, 0.6) is 0 Å². The molecular weight excluding hydrogens is 246 g/mol. The van der Waals surface area contributed by atoms with E-state index < -0.39 is 0 Å². The van der Waals surface area contributed by atoms with Gasteiger partial charge >= 0.3 is 0 Å². The van der Waals surface area contributed by atoms with Gasteiger partial charge in [-0.1, -0.05) is 39.5 Å². The molecule has 1 N–H and O–H groups in total. The third kappa shape index (κ3) is 3.20. The first-order chi connectivity index (χ1) is 9.71. The Hall–Kier alpha value is -0.960.